The van der Waals surface area contributed by atoms with Gasteiger partial charge in [-0.2, -0.15) is 0 Å². The highest BCUT2D eigenvalue weighted by Crippen LogP contribution is 2.25. The Morgan fingerprint density at radius 2 is 1.82 bits per heavy atom. The normalized spacial score (nSPS) is 14.1. The van der Waals surface area contributed by atoms with Crippen LogP contribution in [0.1, 0.15) is 48.0 Å². The molecule has 7 heteroatoms. The number of likely N-dealkylation sites (tertiary alicyclic amines) is 1. The van der Waals surface area contributed by atoms with E-state index in [1.807, 2.05) is 29.2 Å². The van der Waals surface area contributed by atoms with E-state index in [1.165, 1.54) is 4.90 Å². The first-order valence-corrected chi connectivity index (χ1v) is 12.3. The number of hydrogen-bond donors (Lipinski definition) is 0. The number of nitrogens with zero attached hydrogens (tertiary/aromatic N) is 2. The standard InChI is InChI=1S/C27H35ClN2O4/c1-29(2)27(32)24-11-10-23(19-25(24)28)34-16-5-4-7-20-12-14-30(15-13-20)26(31)18-21-8-6-9-22(17-21)33-3/h6,8-11,17,19-20H,4-5,7,12-16,18H2,1-3H3. The lowest BCUT2D eigenvalue weighted by Crippen LogP contribution is -2.39. The summed E-state index contributed by atoms with van der Waals surface area (Å²) < 4.78 is 11.1. The number of carbonyl (C=O) groups excluding carboxylic acids is 2. The van der Waals surface area contributed by atoms with Gasteiger partial charge in [0.2, 0.25) is 5.91 Å². The van der Waals surface area contributed by atoms with Crippen LogP contribution in [0.15, 0.2) is 42.5 Å². The third-order valence-electron chi connectivity index (χ3n) is 6.31. The maximum absolute atomic E-state index is 12.7. The highest BCUT2D eigenvalue weighted by molar-refractivity contribution is 6.34. The summed E-state index contributed by atoms with van der Waals surface area (Å²) in [5.74, 6) is 2.20. The summed E-state index contributed by atoms with van der Waals surface area (Å²) in [4.78, 5) is 28.2. The van der Waals surface area contributed by atoms with E-state index in [1.54, 1.807) is 39.4 Å². The molecular weight excluding hydrogens is 452 g/mol. The quantitative estimate of drug-likeness (QED) is 0.439. The molecule has 0 bridgehead atoms. The molecular formula is C27H35ClN2O4. The second-order valence-electron chi connectivity index (χ2n) is 9.04. The summed E-state index contributed by atoms with van der Waals surface area (Å²) >= 11 is 6.24. The van der Waals surface area contributed by atoms with Gasteiger partial charge in [0.1, 0.15) is 11.5 Å². The minimum absolute atomic E-state index is 0.121. The smallest absolute Gasteiger partial charge is 0.254 e. The zero-order chi connectivity index (χ0) is 24.5. The first-order chi connectivity index (χ1) is 16.4. The van der Waals surface area contributed by atoms with Gasteiger partial charge in [-0.3, -0.25) is 9.59 Å². The predicted octanol–water partition coefficient (Wildman–Crippen LogP) is 5.08. The molecule has 1 aliphatic heterocycles. The van der Waals surface area contributed by atoms with Crippen molar-refractivity contribution >= 4 is 23.4 Å². The summed E-state index contributed by atoms with van der Waals surface area (Å²) in [7, 11) is 5.04. The molecule has 0 spiro atoms. The first-order valence-electron chi connectivity index (χ1n) is 11.9. The van der Waals surface area contributed by atoms with Crippen LogP contribution in [0.4, 0.5) is 0 Å². The zero-order valence-electron chi connectivity index (χ0n) is 20.4. The fourth-order valence-electron chi connectivity index (χ4n) is 4.26. The Labute approximate surface area is 207 Å². The topological polar surface area (TPSA) is 59.1 Å². The molecule has 2 aromatic rings. The number of benzene rings is 2. The van der Waals surface area contributed by atoms with Gasteiger partial charge in [0.25, 0.3) is 5.91 Å². The van der Waals surface area contributed by atoms with Crippen LogP contribution in [-0.4, -0.2) is 62.5 Å². The lowest BCUT2D eigenvalue weighted by molar-refractivity contribution is -0.131. The van der Waals surface area contributed by atoms with Crippen molar-refractivity contribution in [1.82, 2.24) is 9.80 Å². The molecule has 1 fully saturated rings. The third kappa shape index (κ3) is 7.39. The van der Waals surface area contributed by atoms with Gasteiger partial charge < -0.3 is 19.3 Å². The molecule has 1 heterocycles. The lowest BCUT2D eigenvalue weighted by Gasteiger charge is -2.32. The number of ether oxygens (including phenoxy) is 2. The first kappa shape index (κ1) is 25.9. The number of rotatable bonds is 10. The summed E-state index contributed by atoms with van der Waals surface area (Å²) in [5, 5.41) is 0.406. The number of piperidine rings is 1. The van der Waals surface area contributed by atoms with E-state index in [-0.39, 0.29) is 11.8 Å². The Bertz CT molecular complexity index is 971. The molecule has 0 unspecified atom stereocenters. The molecule has 1 aliphatic rings. The van der Waals surface area contributed by atoms with Crippen LogP contribution in [0.3, 0.4) is 0 Å². The SMILES string of the molecule is COc1cccc(CC(=O)N2CCC(CCCCOc3ccc(C(=O)N(C)C)c(Cl)c3)CC2)c1. The number of unbranched alkanes of at least 4 members (excludes halogenated alkanes) is 1. The van der Waals surface area contributed by atoms with Crippen molar-refractivity contribution in [3.05, 3.63) is 58.6 Å². The lowest BCUT2D eigenvalue weighted by atomic mass is 9.91. The molecule has 0 aromatic heterocycles. The molecule has 0 radical (unpaired) electrons. The fourth-order valence-corrected chi connectivity index (χ4v) is 4.52. The predicted molar refractivity (Wildman–Crippen MR) is 135 cm³/mol. The molecule has 0 aliphatic carbocycles. The summed E-state index contributed by atoms with van der Waals surface area (Å²) in [6, 6.07) is 12.9. The van der Waals surface area contributed by atoms with E-state index in [4.69, 9.17) is 21.1 Å². The Hall–Kier alpha value is -2.73. The van der Waals surface area contributed by atoms with Crippen molar-refractivity contribution in [2.45, 2.75) is 38.5 Å². The second kappa shape index (κ2) is 12.7. The van der Waals surface area contributed by atoms with Gasteiger partial charge in [0.15, 0.2) is 0 Å². The van der Waals surface area contributed by atoms with Gasteiger partial charge in [0.05, 0.1) is 30.7 Å². The van der Waals surface area contributed by atoms with Crippen LogP contribution in [0.5, 0.6) is 11.5 Å². The van der Waals surface area contributed by atoms with Crippen LogP contribution in [-0.2, 0) is 11.2 Å². The van der Waals surface area contributed by atoms with Crippen LogP contribution in [0.2, 0.25) is 5.02 Å². The Morgan fingerprint density at radius 1 is 1.06 bits per heavy atom. The Morgan fingerprint density at radius 3 is 2.50 bits per heavy atom. The zero-order valence-corrected chi connectivity index (χ0v) is 21.1. The van der Waals surface area contributed by atoms with Crippen LogP contribution < -0.4 is 9.47 Å². The summed E-state index contributed by atoms with van der Waals surface area (Å²) in [6.07, 6.45) is 5.74. The number of halogens is 1. The highest BCUT2D eigenvalue weighted by Gasteiger charge is 2.22. The summed E-state index contributed by atoms with van der Waals surface area (Å²) in [5.41, 5.74) is 1.47. The monoisotopic (exact) mass is 486 g/mol. The van der Waals surface area contributed by atoms with E-state index in [0.29, 0.717) is 35.3 Å². The van der Waals surface area contributed by atoms with E-state index in [9.17, 15) is 9.59 Å². The number of hydrogen-bond acceptors (Lipinski definition) is 4. The molecule has 34 heavy (non-hydrogen) atoms. The van der Waals surface area contributed by atoms with Gasteiger partial charge in [0, 0.05) is 27.2 Å². The molecule has 2 amide bonds. The minimum atomic E-state index is -0.121. The van der Waals surface area contributed by atoms with Crippen LogP contribution in [0, 0.1) is 5.92 Å². The molecule has 0 saturated carbocycles. The maximum Gasteiger partial charge on any atom is 0.254 e. The van der Waals surface area contributed by atoms with Crippen molar-refractivity contribution < 1.29 is 19.1 Å². The van der Waals surface area contributed by atoms with Crippen molar-refractivity contribution in [2.24, 2.45) is 5.92 Å². The second-order valence-corrected chi connectivity index (χ2v) is 9.45. The van der Waals surface area contributed by atoms with Crippen LogP contribution in [0.25, 0.3) is 0 Å². The van der Waals surface area contributed by atoms with Crippen LogP contribution >= 0.6 is 11.6 Å². The maximum atomic E-state index is 12.7. The Balaban J connectivity index is 1.32. The van der Waals surface area contributed by atoms with Crippen molar-refractivity contribution in [3.63, 3.8) is 0 Å². The molecule has 6 nitrogen and oxygen atoms in total. The Kier molecular flexibility index (Phi) is 9.63. The molecule has 2 aromatic carbocycles. The third-order valence-corrected chi connectivity index (χ3v) is 6.62. The van der Waals surface area contributed by atoms with E-state index >= 15 is 0 Å². The van der Waals surface area contributed by atoms with Gasteiger partial charge in [-0.1, -0.05) is 30.2 Å². The van der Waals surface area contributed by atoms with E-state index in [0.717, 1.165) is 56.5 Å². The number of carbonyl (C=O) groups is 2. The average Bonchev–Trinajstić information content (AvgIpc) is 2.84. The minimum Gasteiger partial charge on any atom is -0.497 e. The van der Waals surface area contributed by atoms with Gasteiger partial charge in [-0.25, -0.2) is 0 Å². The molecule has 0 atom stereocenters. The molecule has 184 valence electrons. The molecule has 3 rings (SSSR count). The number of methoxy groups -OCH3 is 1. The van der Waals surface area contributed by atoms with E-state index in [2.05, 4.69) is 0 Å². The summed E-state index contributed by atoms with van der Waals surface area (Å²) in [6.45, 7) is 2.29. The average molecular weight is 487 g/mol. The molecule has 1 saturated heterocycles. The van der Waals surface area contributed by atoms with Crippen molar-refractivity contribution in [3.8, 4) is 11.5 Å². The number of amides is 2. The van der Waals surface area contributed by atoms with Crippen molar-refractivity contribution in [2.75, 3.05) is 40.9 Å². The fraction of sp³-hybridized carbons (Fsp3) is 0.481. The molecule has 0 N–H and O–H groups in total. The largest absolute Gasteiger partial charge is 0.497 e. The van der Waals surface area contributed by atoms with E-state index < -0.39 is 0 Å². The van der Waals surface area contributed by atoms with Gasteiger partial charge in [-0.15, -0.1) is 0 Å². The highest BCUT2D eigenvalue weighted by atomic mass is 35.5. The van der Waals surface area contributed by atoms with Crippen molar-refractivity contribution in [1.29, 1.82) is 0 Å². The van der Waals surface area contributed by atoms with Gasteiger partial charge >= 0.3 is 0 Å². The van der Waals surface area contributed by atoms with Gasteiger partial charge in [-0.05, 0) is 67.5 Å².